The number of benzene rings is 1. The minimum absolute atomic E-state index is 0.593. The van der Waals surface area contributed by atoms with E-state index < -0.39 is 0 Å². The Hall–Kier alpha value is -2.01. The second kappa shape index (κ2) is 10.1. The molecule has 0 bridgehead atoms. The van der Waals surface area contributed by atoms with Gasteiger partial charge in [0, 0.05) is 49.9 Å². The van der Waals surface area contributed by atoms with Crippen LogP contribution in [0.15, 0.2) is 29.3 Å². The molecule has 1 aromatic heterocycles. The fraction of sp³-hybridized carbons (Fsp3) is 0.550. The van der Waals surface area contributed by atoms with E-state index in [0.717, 1.165) is 45.1 Å². The van der Waals surface area contributed by atoms with Crippen molar-refractivity contribution in [3.8, 4) is 0 Å². The van der Waals surface area contributed by atoms with E-state index in [1.165, 1.54) is 22.2 Å². The predicted molar refractivity (Wildman–Crippen MR) is 106 cm³/mol. The van der Waals surface area contributed by atoms with Crippen molar-refractivity contribution in [3.63, 3.8) is 0 Å². The molecule has 0 aliphatic rings. The zero-order valence-electron chi connectivity index (χ0n) is 16.0. The molecule has 0 saturated carbocycles. The lowest BCUT2D eigenvalue weighted by Crippen LogP contribution is -2.39. The van der Waals surface area contributed by atoms with Gasteiger partial charge < -0.3 is 20.4 Å². The zero-order chi connectivity index (χ0) is 18.1. The summed E-state index contributed by atoms with van der Waals surface area (Å²) in [4.78, 5) is 7.74. The molecule has 0 atom stereocenters. The number of fused-ring (bicyclic) bond motifs is 1. The number of nitrogens with one attached hydrogen (secondary N) is 3. The van der Waals surface area contributed by atoms with Crippen molar-refractivity contribution in [2.45, 2.75) is 33.6 Å². The molecule has 3 N–H and O–H groups in total. The largest absolute Gasteiger partial charge is 0.381 e. The Labute approximate surface area is 151 Å². The molecule has 138 valence electrons. The van der Waals surface area contributed by atoms with Crippen molar-refractivity contribution in [2.75, 3.05) is 33.4 Å². The van der Waals surface area contributed by atoms with Gasteiger partial charge in [-0.3, -0.25) is 4.99 Å². The first-order chi connectivity index (χ1) is 12.1. The number of rotatable bonds is 9. The van der Waals surface area contributed by atoms with E-state index in [2.05, 4.69) is 65.6 Å². The minimum atomic E-state index is 0.593. The van der Waals surface area contributed by atoms with Crippen LogP contribution in [0.4, 0.5) is 0 Å². The lowest BCUT2D eigenvalue weighted by molar-refractivity contribution is 0.108. The molecule has 5 nitrogen and oxygen atoms in total. The van der Waals surface area contributed by atoms with Crippen molar-refractivity contribution < 1.29 is 4.74 Å². The topological polar surface area (TPSA) is 61.4 Å². The molecule has 0 aliphatic heterocycles. The normalized spacial score (nSPS) is 12.1. The van der Waals surface area contributed by atoms with Crippen molar-refractivity contribution in [1.29, 1.82) is 0 Å². The van der Waals surface area contributed by atoms with Gasteiger partial charge in [-0.25, -0.2) is 0 Å². The molecule has 2 aromatic rings. The molecular weight excluding hydrogens is 312 g/mol. The van der Waals surface area contributed by atoms with Crippen LogP contribution < -0.4 is 10.6 Å². The molecule has 1 heterocycles. The number of aromatic nitrogens is 1. The van der Waals surface area contributed by atoms with E-state index in [1.807, 2.05) is 7.05 Å². The summed E-state index contributed by atoms with van der Waals surface area (Å²) in [6.45, 7) is 9.81. The Balaban J connectivity index is 1.71. The van der Waals surface area contributed by atoms with Gasteiger partial charge in [0.2, 0.25) is 0 Å². The molecule has 0 spiro atoms. The Kier molecular flexibility index (Phi) is 7.79. The smallest absolute Gasteiger partial charge is 0.190 e. The summed E-state index contributed by atoms with van der Waals surface area (Å²) < 4.78 is 5.59. The number of para-hydroxylation sites is 1. The van der Waals surface area contributed by atoms with Crippen LogP contribution in [-0.4, -0.2) is 44.3 Å². The van der Waals surface area contributed by atoms with Gasteiger partial charge in [-0.15, -0.1) is 0 Å². The fourth-order valence-corrected chi connectivity index (χ4v) is 2.88. The quantitative estimate of drug-likeness (QED) is 0.372. The number of aryl methyl sites for hydroxylation is 1. The first-order valence-electron chi connectivity index (χ1n) is 9.20. The highest BCUT2D eigenvalue weighted by molar-refractivity contribution is 5.84. The number of aliphatic imine (C=N–C) groups is 1. The maximum Gasteiger partial charge on any atom is 0.190 e. The number of guanidine groups is 1. The van der Waals surface area contributed by atoms with Gasteiger partial charge in [0.1, 0.15) is 0 Å². The number of aromatic amines is 1. The van der Waals surface area contributed by atoms with Crippen LogP contribution >= 0.6 is 0 Å². The van der Waals surface area contributed by atoms with E-state index in [0.29, 0.717) is 5.92 Å². The van der Waals surface area contributed by atoms with Crippen LogP contribution in [0, 0.1) is 12.8 Å². The highest BCUT2D eigenvalue weighted by atomic mass is 16.5. The van der Waals surface area contributed by atoms with Crippen molar-refractivity contribution >= 4 is 16.9 Å². The molecule has 0 fully saturated rings. The summed E-state index contributed by atoms with van der Waals surface area (Å²) in [5.74, 6) is 1.44. The SMILES string of the molecule is CN=C(NCCCOCC(C)C)NCCc1c(C)[nH]c2ccccc12. The molecule has 0 unspecified atom stereocenters. The molecule has 5 heteroatoms. The summed E-state index contributed by atoms with van der Waals surface area (Å²) in [6.07, 6.45) is 1.95. The first-order valence-corrected chi connectivity index (χ1v) is 9.20. The van der Waals surface area contributed by atoms with Crippen molar-refractivity contribution in [1.82, 2.24) is 15.6 Å². The highest BCUT2D eigenvalue weighted by Crippen LogP contribution is 2.21. The predicted octanol–water partition coefficient (Wildman–Crippen LogP) is 3.25. The van der Waals surface area contributed by atoms with Gasteiger partial charge in [0.15, 0.2) is 5.96 Å². The van der Waals surface area contributed by atoms with Gasteiger partial charge in [0.05, 0.1) is 0 Å². The third kappa shape index (κ3) is 6.09. The number of nitrogens with zero attached hydrogens (tertiary/aromatic N) is 1. The third-order valence-corrected chi connectivity index (χ3v) is 4.13. The van der Waals surface area contributed by atoms with Crippen LogP contribution in [0.3, 0.4) is 0 Å². The van der Waals surface area contributed by atoms with E-state index in [4.69, 9.17) is 4.74 Å². The van der Waals surface area contributed by atoms with Crippen LogP contribution in [0.25, 0.3) is 10.9 Å². The van der Waals surface area contributed by atoms with E-state index in [-0.39, 0.29) is 0 Å². The molecule has 25 heavy (non-hydrogen) atoms. The van der Waals surface area contributed by atoms with Crippen LogP contribution in [0.2, 0.25) is 0 Å². The molecule has 0 aliphatic carbocycles. The van der Waals surface area contributed by atoms with Gasteiger partial charge >= 0.3 is 0 Å². The zero-order valence-corrected chi connectivity index (χ0v) is 16.0. The second-order valence-corrected chi connectivity index (χ2v) is 6.77. The first kappa shape index (κ1) is 19.3. The molecular formula is C20H32N4O. The lowest BCUT2D eigenvalue weighted by Gasteiger charge is -2.12. The third-order valence-electron chi connectivity index (χ3n) is 4.13. The van der Waals surface area contributed by atoms with Crippen LogP contribution in [-0.2, 0) is 11.2 Å². The number of ether oxygens (including phenoxy) is 1. The summed E-state index contributed by atoms with van der Waals surface area (Å²) >= 11 is 0. The van der Waals surface area contributed by atoms with Crippen LogP contribution in [0.1, 0.15) is 31.5 Å². The van der Waals surface area contributed by atoms with Gasteiger partial charge in [-0.2, -0.15) is 0 Å². The Morgan fingerprint density at radius 1 is 1.20 bits per heavy atom. The van der Waals surface area contributed by atoms with Gasteiger partial charge in [0.25, 0.3) is 0 Å². The number of hydrogen-bond donors (Lipinski definition) is 3. The lowest BCUT2D eigenvalue weighted by atomic mass is 10.1. The summed E-state index contributed by atoms with van der Waals surface area (Å²) in [6, 6.07) is 8.46. The average Bonchev–Trinajstić information content (AvgIpc) is 2.91. The molecule has 1 aromatic carbocycles. The Morgan fingerprint density at radius 2 is 1.96 bits per heavy atom. The van der Waals surface area contributed by atoms with Gasteiger partial charge in [-0.05, 0) is 37.3 Å². The summed E-state index contributed by atoms with van der Waals surface area (Å²) in [5, 5.41) is 8.05. The standard InChI is InChI=1S/C20H32N4O/c1-15(2)14-25-13-7-11-22-20(21-4)23-12-10-17-16(3)24-19-9-6-5-8-18(17)19/h5-6,8-9,15,24H,7,10-14H2,1-4H3,(H2,21,22,23). The monoisotopic (exact) mass is 344 g/mol. The molecule has 0 saturated heterocycles. The fourth-order valence-electron chi connectivity index (χ4n) is 2.88. The maximum atomic E-state index is 5.59. The second-order valence-electron chi connectivity index (χ2n) is 6.77. The minimum Gasteiger partial charge on any atom is -0.381 e. The molecule has 0 amide bonds. The Bertz CT molecular complexity index is 675. The Morgan fingerprint density at radius 3 is 2.72 bits per heavy atom. The van der Waals surface area contributed by atoms with Crippen LogP contribution in [0.5, 0.6) is 0 Å². The highest BCUT2D eigenvalue weighted by Gasteiger charge is 2.07. The summed E-state index contributed by atoms with van der Waals surface area (Å²) in [7, 11) is 1.81. The van der Waals surface area contributed by atoms with Crippen molar-refractivity contribution in [3.05, 3.63) is 35.5 Å². The van der Waals surface area contributed by atoms with E-state index in [9.17, 15) is 0 Å². The molecule has 0 radical (unpaired) electrons. The average molecular weight is 345 g/mol. The van der Waals surface area contributed by atoms with E-state index in [1.54, 1.807) is 0 Å². The maximum absolute atomic E-state index is 5.59. The van der Waals surface area contributed by atoms with Gasteiger partial charge in [-0.1, -0.05) is 32.0 Å². The van der Waals surface area contributed by atoms with Crippen molar-refractivity contribution in [2.24, 2.45) is 10.9 Å². The summed E-state index contributed by atoms with van der Waals surface area (Å²) in [5.41, 5.74) is 3.83. The van der Waals surface area contributed by atoms with E-state index >= 15 is 0 Å². The number of hydrogen-bond acceptors (Lipinski definition) is 2. The molecule has 2 rings (SSSR count). The number of H-pyrrole nitrogens is 1.